The summed E-state index contributed by atoms with van der Waals surface area (Å²) in [6, 6.07) is 6.88. The molecule has 1 aliphatic carbocycles. The van der Waals surface area contributed by atoms with Crippen molar-refractivity contribution < 1.29 is 18.6 Å². The van der Waals surface area contributed by atoms with Crippen LogP contribution in [0, 0.1) is 22.6 Å². The van der Waals surface area contributed by atoms with E-state index in [1.54, 1.807) is 19.2 Å². The number of nitrogens with zero attached hydrogens (tertiary/aromatic N) is 4. The van der Waals surface area contributed by atoms with Crippen molar-refractivity contribution in [2.75, 3.05) is 38.9 Å². The van der Waals surface area contributed by atoms with Gasteiger partial charge < -0.3 is 24.8 Å². The smallest absolute Gasteiger partial charge is 0.316 e. The predicted octanol–water partition coefficient (Wildman–Crippen LogP) is 3.72. The second kappa shape index (κ2) is 12.4. The Balaban J connectivity index is 1.37. The van der Waals surface area contributed by atoms with E-state index in [0.717, 1.165) is 25.7 Å². The largest absolute Gasteiger partial charge is 0.462 e. The van der Waals surface area contributed by atoms with Crippen LogP contribution in [0.2, 0.25) is 0 Å². The lowest BCUT2D eigenvalue weighted by Gasteiger charge is -2.31. The summed E-state index contributed by atoms with van der Waals surface area (Å²) >= 11 is 0. The maximum atomic E-state index is 14.7. The number of nitrogens with one attached hydrogen (secondary N) is 2. The highest BCUT2D eigenvalue weighted by atomic mass is 19.1. The van der Waals surface area contributed by atoms with Crippen LogP contribution in [-0.4, -0.2) is 66.6 Å². The fourth-order valence-corrected chi connectivity index (χ4v) is 4.84. The van der Waals surface area contributed by atoms with Crippen LogP contribution in [0.25, 0.3) is 11.3 Å². The van der Waals surface area contributed by atoms with Gasteiger partial charge in [0.25, 0.3) is 0 Å². The van der Waals surface area contributed by atoms with Crippen molar-refractivity contribution in [2.45, 2.75) is 63.6 Å². The molecule has 0 amide bonds. The maximum Gasteiger partial charge on any atom is 0.316 e. The quantitative estimate of drug-likeness (QED) is 0.506. The molecule has 1 atom stereocenters. The summed E-state index contributed by atoms with van der Waals surface area (Å²) in [5.74, 6) is 0.144. The number of rotatable bonds is 10. The molecule has 2 fully saturated rings. The van der Waals surface area contributed by atoms with E-state index in [0.29, 0.717) is 61.8 Å². The van der Waals surface area contributed by atoms with Gasteiger partial charge in [-0.3, -0.25) is 0 Å². The van der Waals surface area contributed by atoms with Gasteiger partial charge in [-0.2, -0.15) is 10.2 Å². The first-order valence-corrected chi connectivity index (χ1v) is 12.6. The average molecular weight is 499 g/mol. The Hall–Kier alpha value is -2.87. The van der Waals surface area contributed by atoms with Gasteiger partial charge in [0.05, 0.1) is 30.0 Å². The van der Waals surface area contributed by atoms with E-state index >= 15 is 0 Å². The lowest BCUT2D eigenvalue weighted by molar-refractivity contribution is 0.0174. The van der Waals surface area contributed by atoms with E-state index in [2.05, 4.69) is 38.6 Å². The second-order valence-electron chi connectivity index (χ2n) is 9.78. The van der Waals surface area contributed by atoms with Crippen LogP contribution in [0.1, 0.15) is 45.4 Å². The number of nitriles is 1. The fraction of sp³-hybridized carbons (Fsp3) is 0.615. The Morgan fingerprint density at radius 1 is 1.22 bits per heavy atom. The van der Waals surface area contributed by atoms with Gasteiger partial charge in [-0.1, -0.05) is 0 Å². The van der Waals surface area contributed by atoms with E-state index in [1.807, 2.05) is 0 Å². The van der Waals surface area contributed by atoms with Crippen molar-refractivity contribution in [3.63, 3.8) is 0 Å². The third-order valence-corrected chi connectivity index (χ3v) is 6.95. The molecule has 3 heterocycles. The Morgan fingerprint density at radius 2 is 1.97 bits per heavy atom. The third kappa shape index (κ3) is 6.87. The molecular formula is C26H35FN6O3. The molecule has 9 nitrogen and oxygen atoms in total. The van der Waals surface area contributed by atoms with Gasteiger partial charge in [-0.15, -0.1) is 0 Å². The standard InChI is InChI=1S/C26H35FN6O3/c1-18(15-34-2)31-19-3-5-20(6-4-19)32-24-13-21(22(27)14-30-24)23-7-10-29-25(33-23)36-17-26(16-28)8-11-35-12-9-26/h7,10,13-14,18-20,31H,3-6,8-9,11-12,15,17H2,1-2H3,(H,30,32). The zero-order chi connectivity index (χ0) is 25.4. The molecular weight excluding hydrogens is 463 g/mol. The zero-order valence-electron chi connectivity index (χ0n) is 21.0. The van der Waals surface area contributed by atoms with Crippen molar-refractivity contribution in [3.8, 4) is 23.3 Å². The molecule has 1 saturated heterocycles. The number of anilines is 1. The molecule has 2 aliphatic rings. The zero-order valence-corrected chi connectivity index (χ0v) is 21.0. The highest BCUT2D eigenvalue weighted by molar-refractivity contribution is 5.63. The van der Waals surface area contributed by atoms with Crippen LogP contribution in [0.4, 0.5) is 10.2 Å². The second-order valence-corrected chi connectivity index (χ2v) is 9.78. The minimum Gasteiger partial charge on any atom is -0.462 e. The number of halogens is 1. The Morgan fingerprint density at radius 3 is 2.69 bits per heavy atom. The topological polar surface area (TPSA) is 114 Å². The summed E-state index contributed by atoms with van der Waals surface area (Å²) in [6.45, 7) is 4.06. The number of aromatic nitrogens is 3. The summed E-state index contributed by atoms with van der Waals surface area (Å²) in [4.78, 5) is 12.8. The molecule has 2 N–H and O–H groups in total. The molecule has 0 bridgehead atoms. The van der Waals surface area contributed by atoms with E-state index in [9.17, 15) is 9.65 Å². The lowest BCUT2D eigenvalue weighted by atomic mass is 9.83. The van der Waals surface area contributed by atoms with Gasteiger partial charge in [-0.25, -0.2) is 14.4 Å². The van der Waals surface area contributed by atoms with Gasteiger partial charge in [0.2, 0.25) is 0 Å². The van der Waals surface area contributed by atoms with Crippen molar-refractivity contribution in [3.05, 3.63) is 30.3 Å². The molecule has 0 spiro atoms. The van der Waals surface area contributed by atoms with Crippen LogP contribution in [0.15, 0.2) is 24.5 Å². The molecule has 1 aliphatic heterocycles. The summed E-state index contributed by atoms with van der Waals surface area (Å²) in [7, 11) is 1.72. The van der Waals surface area contributed by atoms with Gasteiger partial charge in [0.1, 0.15) is 12.4 Å². The number of ether oxygens (including phenoxy) is 3. The maximum absolute atomic E-state index is 14.7. The Labute approximate surface area is 211 Å². The van der Waals surface area contributed by atoms with E-state index in [4.69, 9.17) is 14.2 Å². The molecule has 4 rings (SSSR count). The number of pyridine rings is 1. The van der Waals surface area contributed by atoms with E-state index in [1.165, 1.54) is 12.4 Å². The van der Waals surface area contributed by atoms with Crippen LogP contribution in [0.5, 0.6) is 6.01 Å². The van der Waals surface area contributed by atoms with Gasteiger partial charge in [0.15, 0.2) is 5.82 Å². The fourth-order valence-electron chi connectivity index (χ4n) is 4.84. The SMILES string of the molecule is COCC(C)NC1CCC(Nc2cc(-c3ccnc(OCC4(C#N)CCOCC4)n3)c(F)cn2)CC1. The highest BCUT2D eigenvalue weighted by Gasteiger charge is 2.34. The summed E-state index contributed by atoms with van der Waals surface area (Å²) in [5.41, 5.74) is 0.109. The van der Waals surface area contributed by atoms with Crippen LogP contribution < -0.4 is 15.4 Å². The van der Waals surface area contributed by atoms with Crippen LogP contribution in [-0.2, 0) is 9.47 Å². The molecule has 194 valence electrons. The summed E-state index contributed by atoms with van der Waals surface area (Å²) in [6.07, 6.45) is 8.07. The average Bonchev–Trinajstić information content (AvgIpc) is 2.90. The molecule has 0 radical (unpaired) electrons. The van der Waals surface area contributed by atoms with E-state index < -0.39 is 11.2 Å². The molecule has 2 aromatic rings. The molecule has 10 heteroatoms. The monoisotopic (exact) mass is 498 g/mol. The van der Waals surface area contributed by atoms with Gasteiger partial charge >= 0.3 is 6.01 Å². The first-order chi connectivity index (χ1) is 17.5. The minimum atomic E-state index is -0.618. The number of hydrogen-bond acceptors (Lipinski definition) is 9. The number of hydrogen-bond donors (Lipinski definition) is 2. The van der Waals surface area contributed by atoms with E-state index in [-0.39, 0.29) is 18.7 Å². The molecule has 1 saturated carbocycles. The first kappa shape index (κ1) is 26.2. The van der Waals surface area contributed by atoms with Crippen molar-refractivity contribution in [1.82, 2.24) is 20.3 Å². The molecule has 2 aromatic heterocycles. The van der Waals surface area contributed by atoms with Gasteiger partial charge in [0, 0.05) is 50.2 Å². The van der Waals surface area contributed by atoms with Crippen molar-refractivity contribution in [1.29, 1.82) is 5.26 Å². The predicted molar refractivity (Wildman–Crippen MR) is 133 cm³/mol. The van der Waals surface area contributed by atoms with Crippen molar-refractivity contribution >= 4 is 5.82 Å². The first-order valence-electron chi connectivity index (χ1n) is 12.6. The number of methoxy groups -OCH3 is 1. The van der Waals surface area contributed by atoms with Crippen LogP contribution >= 0.6 is 0 Å². The summed E-state index contributed by atoms with van der Waals surface area (Å²) < 4.78 is 31.1. The summed E-state index contributed by atoms with van der Waals surface area (Å²) in [5, 5.41) is 16.7. The van der Waals surface area contributed by atoms with Crippen LogP contribution in [0.3, 0.4) is 0 Å². The normalized spacial score (nSPS) is 22.4. The minimum absolute atomic E-state index is 0.118. The molecule has 1 unspecified atom stereocenters. The lowest BCUT2D eigenvalue weighted by Crippen LogP contribution is -2.42. The Bertz CT molecular complexity index is 1030. The highest BCUT2D eigenvalue weighted by Crippen LogP contribution is 2.31. The van der Waals surface area contributed by atoms with Crippen molar-refractivity contribution in [2.24, 2.45) is 5.41 Å². The molecule has 36 heavy (non-hydrogen) atoms. The molecule has 0 aromatic carbocycles. The van der Waals surface area contributed by atoms with Gasteiger partial charge in [-0.05, 0) is 57.6 Å². The Kier molecular flexibility index (Phi) is 9.02. The third-order valence-electron chi connectivity index (χ3n) is 6.95.